The van der Waals surface area contributed by atoms with Crippen LogP contribution in [0.1, 0.15) is 29.3 Å². The molecule has 2 aliphatic heterocycles. The van der Waals surface area contributed by atoms with Crippen LogP contribution in [0.15, 0.2) is 41.4 Å². The van der Waals surface area contributed by atoms with Crippen LogP contribution in [0.3, 0.4) is 0 Å². The van der Waals surface area contributed by atoms with Gasteiger partial charge in [-0.1, -0.05) is 0 Å². The van der Waals surface area contributed by atoms with Gasteiger partial charge in [-0.05, 0) is 55.3 Å². The van der Waals surface area contributed by atoms with E-state index >= 15 is 0 Å². The van der Waals surface area contributed by atoms with Crippen LogP contribution in [0.2, 0.25) is 0 Å². The minimum absolute atomic E-state index is 0.00701. The van der Waals surface area contributed by atoms with Crippen molar-refractivity contribution in [2.75, 3.05) is 50.2 Å². The van der Waals surface area contributed by atoms with Crippen molar-refractivity contribution < 1.29 is 18.7 Å². The Labute approximate surface area is 182 Å². The van der Waals surface area contributed by atoms with E-state index in [1.807, 2.05) is 24.0 Å². The molecular formula is C24H28FN3O3. The first kappa shape index (κ1) is 21.3. The van der Waals surface area contributed by atoms with Gasteiger partial charge in [-0.25, -0.2) is 4.39 Å². The van der Waals surface area contributed by atoms with Gasteiger partial charge in [0.05, 0.1) is 18.3 Å². The molecule has 0 bridgehead atoms. The third-order valence-corrected chi connectivity index (χ3v) is 5.99. The maximum atomic E-state index is 14.9. The SMILES string of the molecule is CN=C1CCN(c2ccc(N3CCc4cc(OCC(C)OC)ccc4C3=O)cc2F)C1. The molecule has 1 fully saturated rings. The largest absolute Gasteiger partial charge is 0.491 e. The van der Waals surface area contributed by atoms with Gasteiger partial charge >= 0.3 is 0 Å². The number of fused-ring (bicyclic) bond motifs is 1. The van der Waals surface area contributed by atoms with Crippen LogP contribution >= 0.6 is 0 Å². The van der Waals surface area contributed by atoms with Crippen molar-refractivity contribution in [1.29, 1.82) is 0 Å². The number of anilines is 2. The molecule has 0 radical (unpaired) electrons. The lowest BCUT2D eigenvalue weighted by Gasteiger charge is -2.29. The molecule has 6 nitrogen and oxygen atoms in total. The number of hydrogen-bond donors (Lipinski definition) is 0. The molecule has 1 amide bonds. The summed E-state index contributed by atoms with van der Waals surface area (Å²) in [5, 5.41) is 0. The molecule has 1 unspecified atom stereocenters. The molecule has 1 saturated heterocycles. The number of amides is 1. The number of ether oxygens (including phenoxy) is 2. The molecule has 2 aromatic carbocycles. The van der Waals surface area contributed by atoms with Crippen LogP contribution in [0.25, 0.3) is 0 Å². The molecule has 2 aliphatic rings. The van der Waals surface area contributed by atoms with Crippen LogP contribution in [0.5, 0.6) is 5.75 Å². The van der Waals surface area contributed by atoms with E-state index in [2.05, 4.69) is 4.99 Å². The highest BCUT2D eigenvalue weighted by molar-refractivity contribution is 6.08. The van der Waals surface area contributed by atoms with Crippen LogP contribution in [0.4, 0.5) is 15.8 Å². The van der Waals surface area contributed by atoms with E-state index in [1.54, 1.807) is 37.3 Å². The quantitative estimate of drug-likeness (QED) is 0.708. The third kappa shape index (κ3) is 4.42. The van der Waals surface area contributed by atoms with Gasteiger partial charge in [-0.2, -0.15) is 0 Å². The Morgan fingerprint density at radius 1 is 1.16 bits per heavy atom. The fraction of sp³-hybridized carbons (Fsp3) is 0.417. The molecule has 2 aromatic rings. The predicted octanol–water partition coefficient (Wildman–Crippen LogP) is 3.72. The summed E-state index contributed by atoms with van der Waals surface area (Å²) < 4.78 is 25.8. The molecule has 31 heavy (non-hydrogen) atoms. The van der Waals surface area contributed by atoms with Crippen LogP contribution in [-0.4, -0.2) is 58.1 Å². The molecule has 2 heterocycles. The number of carbonyl (C=O) groups is 1. The summed E-state index contributed by atoms with van der Waals surface area (Å²) in [7, 11) is 3.42. The Bertz CT molecular complexity index is 1010. The van der Waals surface area contributed by atoms with Crippen molar-refractivity contribution in [2.24, 2.45) is 4.99 Å². The van der Waals surface area contributed by atoms with E-state index in [9.17, 15) is 9.18 Å². The second-order valence-electron chi connectivity index (χ2n) is 7.98. The zero-order chi connectivity index (χ0) is 22.0. The first-order valence-corrected chi connectivity index (χ1v) is 10.6. The normalized spacial score (nSPS) is 18.5. The van der Waals surface area contributed by atoms with Crippen molar-refractivity contribution in [1.82, 2.24) is 0 Å². The Hall–Kier alpha value is -2.93. The lowest BCUT2D eigenvalue weighted by Crippen LogP contribution is -2.37. The van der Waals surface area contributed by atoms with Crippen molar-refractivity contribution in [3.63, 3.8) is 0 Å². The Kier molecular flexibility index (Phi) is 6.23. The smallest absolute Gasteiger partial charge is 0.258 e. The topological polar surface area (TPSA) is 54.4 Å². The second-order valence-corrected chi connectivity index (χ2v) is 7.98. The van der Waals surface area contributed by atoms with Gasteiger partial charge in [0, 0.05) is 50.6 Å². The van der Waals surface area contributed by atoms with Crippen molar-refractivity contribution >= 4 is 23.0 Å². The second kappa shape index (κ2) is 9.06. The van der Waals surface area contributed by atoms with Crippen molar-refractivity contribution in [2.45, 2.75) is 25.9 Å². The maximum Gasteiger partial charge on any atom is 0.258 e. The highest BCUT2D eigenvalue weighted by Gasteiger charge is 2.27. The molecule has 164 valence electrons. The molecule has 1 atom stereocenters. The van der Waals surface area contributed by atoms with E-state index in [-0.39, 0.29) is 17.8 Å². The lowest BCUT2D eigenvalue weighted by molar-refractivity contribution is 0.0716. The number of benzene rings is 2. The van der Waals surface area contributed by atoms with E-state index in [0.717, 1.165) is 30.0 Å². The highest BCUT2D eigenvalue weighted by Crippen LogP contribution is 2.31. The number of methoxy groups -OCH3 is 1. The van der Waals surface area contributed by atoms with Crippen molar-refractivity contribution in [3.05, 3.63) is 53.3 Å². The van der Waals surface area contributed by atoms with E-state index < -0.39 is 0 Å². The predicted molar refractivity (Wildman–Crippen MR) is 120 cm³/mol. The summed E-state index contributed by atoms with van der Waals surface area (Å²) in [6.45, 7) is 4.29. The summed E-state index contributed by atoms with van der Waals surface area (Å²) in [5.74, 6) is 0.288. The molecule has 0 saturated carbocycles. The van der Waals surface area contributed by atoms with E-state index in [1.165, 1.54) is 6.07 Å². The molecular weight excluding hydrogens is 397 g/mol. The van der Waals surface area contributed by atoms with Crippen LogP contribution in [-0.2, 0) is 11.2 Å². The Balaban J connectivity index is 1.50. The first-order valence-electron chi connectivity index (χ1n) is 10.6. The van der Waals surface area contributed by atoms with E-state index in [4.69, 9.17) is 9.47 Å². The molecule has 0 aromatic heterocycles. The molecule has 0 N–H and O–H groups in total. The highest BCUT2D eigenvalue weighted by atomic mass is 19.1. The maximum absolute atomic E-state index is 14.9. The van der Waals surface area contributed by atoms with Crippen LogP contribution < -0.4 is 14.5 Å². The Morgan fingerprint density at radius 2 is 2.00 bits per heavy atom. The summed E-state index contributed by atoms with van der Waals surface area (Å²) in [5.41, 5.74) is 3.79. The number of rotatable bonds is 6. The van der Waals surface area contributed by atoms with Gasteiger partial charge in [0.25, 0.3) is 5.91 Å². The van der Waals surface area contributed by atoms with Gasteiger partial charge in [-0.3, -0.25) is 9.79 Å². The summed E-state index contributed by atoms with van der Waals surface area (Å²) in [6.07, 6.45) is 1.53. The van der Waals surface area contributed by atoms with Gasteiger partial charge in [0.1, 0.15) is 18.2 Å². The Morgan fingerprint density at radius 3 is 2.71 bits per heavy atom. The third-order valence-electron chi connectivity index (χ3n) is 5.99. The van der Waals surface area contributed by atoms with Gasteiger partial charge in [-0.15, -0.1) is 0 Å². The first-order chi connectivity index (χ1) is 15.0. The van der Waals surface area contributed by atoms with Gasteiger partial charge in [0.15, 0.2) is 0 Å². The number of hydrogen-bond acceptors (Lipinski definition) is 5. The minimum Gasteiger partial charge on any atom is -0.491 e. The number of aliphatic imine (C=N–C) groups is 1. The fourth-order valence-electron chi connectivity index (χ4n) is 4.03. The zero-order valence-electron chi connectivity index (χ0n) is 18.2. The number of carbonyl (C=O) groups excluding carboxylic acids is 1. The van der Waals surface area contributed by atoms with Crippen molar-refractivity contribution in [3.8, 4) is 5.75 Å². The minimum atomic E-state index is -0.315. The monoisotopic (exact) mass is 425 g/mol. The summed E-state index contributed by atoms with van der Waals surface area (Å²) in [4.78, 5) is 21.0. The van der Waals surface area contributed by atoms with Crippen LogP contribution in [0, 0.1) is 5.82 Å². The lowest BCUT2D eigenvalue weighted by atomic mass is 9.98. The fourth-order valence-corrected chi connectivity index (χ4v) is 4.03. The summed E-state index contributed by atoms with van der Waals surface area (Å²) in [6, 6.07) is 10.6. The van der Waals surface area contributed by atoms with Gasteiger partial charge < -0.3 is 19.3 Å². The molecule has 4 rings (SSSR count). The molecule has 7 heteroatoms. The zero-order valence-corrected chi connectivity index (χ0v) is 18.2. The van der Waals surface area contributed by atoms with E-state index in [0.29, 0.717) is 43.1 Å². The molecule has 0 spiro atoms. The standard InChI is InChI=1S/C24H28FN3O3/c1-16(30-3)15-31-20-5-6-21-17(12-20)8-11-28(24(21)29)19-4-7-23(22(25)13-19)27-10-9-18(14-27)26-2/h4-7,12-13,16H,8-11,14-15H2,1-3H3. The molecule has 0 aliphatic carbocycles. The summed E-state index contributed by atoms with van der Waals surface area (Å²) >= 11 is 0. The number of nitrogens with zero attached hydrogens (tertiary/aromatic N) is 3. The van der Waals surface area contributed by atoms with Gasteiger partial charge in [0.2, 0.25) is 0 Å². The average molecular weight is 426 g/mol. The average Bonchev–Trinajstić information content (AvgIpc) is 3.26. The number of halogens is 1.